The van der Waals surface area contributed by atoms with Crippen molar-refractivity contribution in [1.29, 1.82) is 0 Å². The number of likely N-dealkylation sites (tertiary alicyclic amines) is 1. The van der Waals surface area contributed by atoms with Gasteiger partial charge in [-0.2, -0.15) is 5.10 Å². The fraction of sp³-hybridized carbons (Fsp3) is 0.667. The minimum Gasteiger partial charge on any atom is -0.337 e. The number of urea groups is 1. The van der Waals surface area contributed by atoms with Crippen LogP contribution in [-0.4, -0.2) is 74.5 Å². The largest absolute Gasteiger partial charge is 0.337 e. The molecule has 1 aromatic rings. The Bertz CT molecular complexity index is 752. The standard InChI is InChI=1S/C18H25N5O3/c1-4-22-16(25)14-10-18(11-23(14)17(22)26)5-7-21(8-6-18)15(24)13-9-12(2)19-20(13)3/h9,14H,4-8,10-11H2,1-3H3. The van der Waals surface area contributed by atoms with Gasteiger partial charge in [-0.15, -0.1) is 0 Å². The molecule has 1 spiro atoms. The van der Waals surface area contributed by atoms with Gasteiger partial charge in [-0.3, -0.25) is 19.2 Å². The van der Waals surface area contributed by atoms with E-state index in [1.54, 1.807) is 16.6 Å². The molecule has 1 aromatic heterocycles. The Labute approximate surface area is 152 Å². The van der Waals surface area contributed by atoms with E-state index in [0.717, 1.165) is 25.0 Å². The maximum Gasteiger partial charge on any atom is 0.327 e. The number of rotatable bonds is 2. The summed E-state index contributed by atoms with van der Waals surface area (Å²) in [5, 5.41) is 4.25. The van der Waals surface area contributed by atoms with Crippen molar-refractivity contribution in [3.8, 4) is 0 Å². The maximum absolute atomic E-state index is 12.8. The monoisotopic (exact) mass is 359 g/mol. The van der Waals surface area contributed by atoms with Gasteiger partial charge < -0.3 is 9.80 Å². The first-order chi connectivity index (χ1) is 12.3. The molecule has 8 heteroatoms. The van der Waals surface area contributed by atoms with Gasteiger partial charge in [0.1, 0.15) is 11.7 Å². The molecule has 3 aliphatic rings. The average molecular weight is 359 g/mol. The molecule has 0 saturated carbocycles. The van der Waals surface area contributed by atoms with Crippen molar-refractivity contribution in [3.63, 3.8) is 0 Å². The lowest BCUT2D eigenvalue weighted by Gasteiger charge is -2.39. The van der Waals surface area contributed by atoms with E-state index in [2.05, 4.69) is 5.10 Å². The predicted octanol–water partition coefficient (Wildman–Crippen LogP) is 1.01. The van der Waals surface area contributed by atoms with Crippen LogP contribution in [0.15, 0.2) is 6.07 Å². The highest BCUT2D eigenvalue weighted by Crippen LogP contribution is 2.46. The van der Waals surface area contributed by atoms with Crippen molar-refractivity contribution in [1.82, 2.24) is 24.5 Å². The molecule has 1 unspecified atom stereocenters. The van der Waals surface area contributed by atoms with E-state index in [0.29, 0.717) is 31.9 Å². The lowest BCUT2D eigenvalue weighted by Crippen LogP contribution is -2.46. The number of piperidine rings is 1. The Morgan fingerprint density at radius 1 is 1.31 bits per heavy atom. The third kappa shape index (κ3) is 2.42. The van der Waals surface area contributed by atoms with Crippen LogP contribution in [0.3, 0.4) is 0 Å². The number of hydrogen-bond acceptors (Lipinski definition) is 4. The number of aromatic nitrogens is 2. The molecule has 4 amide bonds. The first-order valence-electron chi connectivity index (χ1n) is 9.27. The number of likely N-dealkylation sites (N-methyl/N-ethyl adjacent to an activating group) is 1. The van der Waals surface area contributed by atoms with Gasteiger partial charge in [0, 0.05) is 33.2 Å². The summed E-state index contributed by atoms with van der Waals surface area (Å²) in [5.41, 5.74) is 1.40. The van der Waals surface area contributed by atoms with Crippen LogP contribution in [0.1, 0.15) is 42.4 Å². The second-order valence-electron chi connectivity index (χ2n) is 7.80. The summed E-state index contributed by atoms with van der Waals surface area (Å²) in [6.45, 7) is 6.09. The van der Waals surface area contributed by atoms with Gasteiger partial charge in [-0.05, 0) is 44.6 Å². The second kappa shape index (κ2) is 5.82. The summed E-state index contributed by atoms with van der Waals surface area (Å²) in [7, 11) is 1.79. The van der Waals surface area contributed by atoms with E-state index < -0.39 is 0 Å². The SMILES string of the molecule is CCN1C(=O)C2CC3(CCN(C(=O)c4cc(C)nn4C)CC3)CN2C1=O. The molecule has 0 N–H and O–H groups in total. The van der Waals surface area contributed by atoms with Gasteiger partial charge >= 0.3 is 6.03 Å². The third-order valence-corrected chi connectivity index (χ3v) is 6.18. The first-order valence-corrected chi connectivity index (χ1v) is 9.27. The van der Waals surface area contributed by atoms with Crippen LogP contribution in [0.4, 0.5) is 4.79 Å². The molecule has 26 heavy (non-hydrogen) atoms. The molecular weight excluding hydrogens is 334 g/mol. The Morgan fingerprint density at radius 3 is 2.54 bits per heavy atom. The number of aryl methyl sites for hydroxylation is 2. The maximum atomic E-state index is 12.8. The van der Waals surface area contributed by atoms with Gasteiger partial charge in [0.2, 0.25) is 0 Å². The Morgan fingerprint density at radius 2 is 2.00 bits per heavy atom. The van der Waals surface area contributed by atoms with E-state index in [4.69, 9.17) is 0 Å². The lowest BCUT2D eigenvalue weighted by molar-refractivity contribution is -0.128. The molecule has 0 bridgehead atoms. The quantitative estimate of drug-likeness (QED) is 0.738. The van der Waals surface area contributed by atoms with Crippen molar-refractivity contribution < 1.29 is 14.4 Å². The van der Waals surface area contributed by atoms with Crippen molar-refractivity contribution in [2.24, 2.45) is 12.5 Å². The van der Waals surface area contributed by atoms with Crippen LogP contribution in [0.5, 0.6) is 0 Å². The molecule has 3 aliphatic heterocycles. The van der Waals surface area contributed by atoms with Gasteiger partial charge in [0.05, 0.1) is 5.69 Å². The fourth-order valence-electron chi connectivity index (χ4n) is 4.72. The first kappa shape index (κ1) is 17.1. The normalized spacial score (nSPS) is 24.7. The lowest BCUT2D eigenvalue weighted by atomic mass is 9.76. The Kier molecular flexibility index (Phi) is 3.82. The Hall–Kier alpha value is -2.38. The van der Waals surface area contributed by atoms with Crippen LogP contribution in [0.2, 0.25) is 0 Å². The zero-order chi connectivity index (χ0) is 18.6. The second-order valence-corrected chi connectivity index (χ2v) is 7.80. The molecule has 0 radical (unpaired) electrons. The highest BCUT2D eigenvalue weighted by atomic mass is 16.2. The number of hydrogen-bond donors (Lipinski definition) is 0. The minimum absolute atomic E-state index is 0.00533. The molecule has 4 rings (SSSR count). The number of fused-ring (bicyclic) bond motifs is 1. The summed E-state index contributed by atoms with van der Waals surface area (Å²) in [6.07, 6.45) is 2.38. The molecule has 8 nitrogen and oxygen atoms in total. The summed E-state index contributed by atoms with van der Waals surface area (Å²) < 4.78 is 1.63. The highest BCUT2D eigenvalue weighted by molar-refractivity contribution is 6.04. The summed E-state index contributed by atoms with van der Waals surface area (Å²) >= 11 is 0. The molecule has 3 saturated heterocycles. The van der Waals surface area contributed by atoms with Crippen molar-refractivity contribution in [2.45, 2.75) is 39.2 Å². The van der Waals surface area contributed by atoms with Crippen LogP contribution >= 0.6 is 0 Å². The highest BCUT2D eigenvalue weighted by Gasteiger charge is 2.56. The predicted molar refractivity (Wildman–Crippen MR) is 93.4 cm³/mol. The fourth-order valence-corrected chi connectivity index (χ4v) is 4.72. The smallest absolute Gasteiger partial charge is 0.327 e. The van der Waals surface area contributed by atoms with E-state index in [1.165, 1.54) is 4.90 Å². The van der Waals surface area contributed by atoms with E-state index in [-0.39, 0.29) is 29.3 Å². The zero-order valence-corrected chi connectivity index (χ0v) is 15.6. The van der Waals surface area contributed by atoms with Crippen LogP contribution in [-0.2, 0) is 11.8 Å². The number of carbonyl (C=O) groups is 3. The van der Waals surface area contributed by atoms with Crippen LogP contribution < -0.4 is 0 Å². The van der Waals surface area contributed by atoms with E-state index in [9.17, 15) is 14.4 Å². The average Bonchev–Trinajstić information content (AvgIpc) is 3.21. The van der Waals surface area contributed by atoms with Gasteiger partial charge in [-0.1, -0.05) is 0 Å². The molecule has 0 aliphatic carbocycles. The van der Waals surface area contributed by atoms with E-state index in [1.807, 2.05) is 24.8 Å². The number of imide groups is 1. The number of amides is 4. The van der Waals surface area contributed by atoms with Crippen molar-refractivity contribution in [2.75, 3.05) is 26.2 Å². The molecule has 4 heterocycles. The van der Waals surface area contributed by atoms with Crippen LogP contribution in [0, 0.1) is 12.3 Å². The number of nitrogens with zero attached hydrogens (tertiary/aromatic N) is 5. The van der Waals surface area contributed by atoms with Gasteiger partial charge in [0.25, 0.3) is 11.8 Å². The summed E-state index contributed by atoms with van der Waals surface area (Å²) in [5.74, 6) is -0.0519. The minimum atomic E-state index is -0.301. The van der Waals surface area contributed by atoms with Crippen molar-refractivity contribution >= 4 is 17.8 Å². The molecular formula is C18H25N5O3. The van der Waals surface area contributed by atoms with Crippen molar-refractivity contribution in [3.05, 3.63) is 17.5 Å². The summed E-state index contributed by atoms with van der Waals surface area (Å²) in [4.78, 5) is 42.6. The third-order valence-electron chi connectivity index (χ3n) is 6.18. The molecule has 3 fully saturated rings. The van der Waals surface area contributed by atoms with E-state index >= 15 is 0 Å². The Balaban J connectivity index is 1.43. The topological polar surface area (TPSA) is 78.8 Å². The number of carbonyl (C=O) groups excluding carboxylic acids is 3. The van der Waals surface area contributed by atoms with Gasteiger partial charge in [-0.25, -0.2) is 4.79 Å². The zero-order valence-electron chi connectivity index (χ0n) is 15.6. The van der Waals surface area contributed by atoms with Gasteiger partial charge in [0.15, 0.2) is 0 Å². The molecule has 0 aromatic carbocycles. The molecule has 140 valence electrons. The van der Waals surface area contributed by atoms with Crippen LogP contribution in [0.25, 0.3) is 0 Å². The molecule has 1 atom stereocenters. The summed E-state index contributed by atoms with van der Waals surface area (Å²) in [6, 6.07) is 1.36.